The molecule has 2 aromatic carbocycles. The monoisotopic (exact) mass is 323 g/mol. The van der Waals surface area contributed by atoms with Crippen LogP contribution in [0.4, 0.5) is 0 Å². The minimum absolute atomic E-state index is 0.201. The number of carbonyl (C=O) groups excluding carboxylic acids is 2. The molecule has 0 aliphatic carbocycles. The maximum absolute atomic E-state index is 12.8. The Kier molecular flexibility index (Phi) is 5.64. The van der Waals surface area contributed by atoms with Gasteiger partial charge in [0.05, 0.1) is 5.56 Å². The van der Waals surface area contributed by atoms with Crippen molar-refractivity contribution in [2.24, 2.45) is 5.16 Å². The van der Waals surface area contributed by atoms with Crippen molar-refractivity contribution in [1.82, 2.24) is 0 Å². The molecule has 0 unspecified atom stereocenters. The normalized spacial score (nSPS) is 11.2. The number of hydrogen-bond acceptors (Lipinski definition) is 4. The van der Waals surface area contributed by atoms with Crippen molar-refractivity contribution in [3.8, 4) is 0 Å². The molecule has 4 nitrogen and oxygen atoms in total. The Morgan fingerprint density at radius 2 is 1.58 bits per heavy atom. The second-order valence-electron chi connectivity index (χ2n) is 5.74. The van der Waals surface area contributed by atoms with Crippen LogP contribution in [0.3, 0.4) is 0 Å². The molecule has 0 atom stereocenters. The molecular weight excluding hydrogens is 302 g/mol. The molecule has 24 heavy (non-hydrogen) atoms. The Labute approximate surface area is 142 Å². The van der Waals surface area contributed by atoms with Gasteiger partial charge in [-0.15, -0.1) is 0 Å². The predicted molar refractivity (Wildman–Crippen MR) is 94.6 cm³/mol. The number of carbonyl (C=O) groups is 2. The third-order valence-electron chi connectivity index (χ3n) is 3.75. The zero-order valence-corrected chi connectivity index (χ0v) is 14.4. The van der Waals surface area contributed by atoms with Crippen molar-refractivity contribution in [3.63, 3.8) is 0 Å². The number of aryl methyl sites for hydroxylation is 3. The van der Waals surface area contributed by atoms with Crippen LogP contribution in [0.25, 0.3) is 0 Å². The van der Waals surface area contributed by atoms with Crippen molar-refractivity contribution in [2.45, 2.75) is 34.1 Å². The first-order chi connectivity index (χ1) is 11.4. The molecule has 124 valence electrons. The standard InChI is InChI=1S/C20H21NO3/c1-5-17(21-24-20(23)16-9-7-6-8-10-16)19(22)18-14(3)11-13(2)12-15(18)4/h6-12H,5H2,1-4H3. The number of rotatable bonds is 5. The highest BCUT2D eigenvalue weighted by molar-refractivity contribution is 6.46. The zero-order chi connectivity index (χ0) is 17.7. The second-order valence-corrected chi connectivity index (χ2v) is 5.74. The lowest BCUT2D eigenvalue weighted by molar-refractivity contribution is 0.0515. The van der Waals surface area contributed by atoms with Gasteiger partial charge in [-0.3, -0.25) is 4.79 Å². The molecule has 0 saturated carbocycles. The molecule has 0 aromatic heterocycles. The van der Waals surface area contributed by atoms with Gasteiger partial charge in [-0.2, -0.15) is 0 Å². The number of hydrogen-bond donors (Lipinski definition) is 0. The van der Waals surface area contributed by atoms with Crippen LogP contribution in [0.5, 0.6) is 0 Å². The van der Waals surface area contributed by atoms with E-state index in [9.17, 15) is 9.59 Å². The van der Waals surface area contributed by atoms with Crippen molar-refractivity contribution < 1.29 is 14.4 Å². The van der Waals surface area contributed by atoms with Gasteiger partial charge >= 0.3 is 5.97 Å². The maximum atomic E-state index is 12.8. The maximum Gasteiger partial charge on any atom is 0.365 e. The number of ketones is 1. The first-order valence-electron chi connectivity index (χ1n) is 7.89. The van der Waals surface area contributed by atoms with Crippen LogP contribution in [0.2, 0.25) is 0 Å². The van der Waals surface area contributed by atoms with Crippen LogP contribution in [-0.2, 0) is 4.84 Å². The second kappa shape index (κ2) is 7.68. The number of benzene rings is 2. The van der Waals surface area contributed by atoms with Gasteiger partial charge < -0.3 is 4.84 Å². The molecule has 0 aliphatic heterocycles. The number of nitrogens with zero attached hydrogens (tertiary/aromatic N) is 1. The molecule has 0 amide bonds. The van der Waals surface area contributed by atoms with Crippen molar-refractivity contribution in [1.29, 1.82) is 0 Å². The van der Waals surface area contributed by atoms with Gasteiger partial charge in [0, 0.05) is 5.56 Å². The summed E-state index contributed by atoms with van der Waals surface area (Å²) < 4.78 is 0. The summed E-state index contributed by atoms with van der Waals surface area (Å²) in [5, 5.41) is 3.82. The van der Waals surface area contributed by atoms with Gasteiger partial charge in [0.2, 0.25) is 5.78 Å². The smallest absolute Gasteiger partial charge is 0.312 e. The predicted octanol–water partition coefficient (Wildman–Crippen LogP) is 4.42. The minimum Gasteiger partial charge on any atom is -0.312 e. The molecule has 0 heterocycles. The first kappa shape index (κ1) is 17.6. The highest BCUT2D eigenvalue weighted by atomic mass is 16.7. The summed E-state index contributed by atoms with van der Waals surface area (Å²) in [5.41, 5.74) is 4.14. The summed E-state index contributed by atoms with van der Waals surface area (Å²) in [7, 11) is 0. The topological polar surface area (TPSA) is 55.7 Å². The molecule has 0 saturated heterocycles. The molecule has 0 fully saturated rings. The van der Waals surface area contributed by atoms with E-state index in [2.05, 4.69) is 5.16 Å². The van der Waals surface area contributed by atoms with Crippen molar-refractivity contribution >= 4 is 17.5 Å². The summed E-state index contributed by atoms with van der Waals surface area (Å²) in [6.07, 6.45) is 0.383. The summed E-state index contributed by atoms with van der Waals surface area (Å²) in [6, 6.07) is 12.5. The van der Waals surface area contributed by atoms with E-state index >= 15 is 0 Å². The van der Waals surface area contributed by atoms with Crippen LogP contribution in [0.15, 0.2) is 47.6 Å². The highest BCUT2D eigenvalue weighted by Crippen LogP contribution is 2.18. The Hall–Kier alpha value is -2.75. The fourth-order valence-electron chi connectivity index (χ4n) is 2.67. The molecule has 2 aromatic rings. The molecule has 2 rings (SSSR count). The van der Waals surface area contributed by atoms with E-state index < -0.39 is 5.97 Å². The van der Waals surface area contributed by atoms with E-state index in [4.69, 9.17) is 4.84 Å². The fourth-order valence-corrected chi connectivity index (χ4v) is 2.67. The molecule has 0 aliphatic rings. The quantitative estimate of drug-likeness (QED) is 0.354. The van der Waals surface area contributed by atoms with Gasteiger partial charge in [-0.25, -0.2) is 4.79 Å². The van der Waals surface area contributed by atoms with Crippen LogP contribution < -0.4 is 0 Å². The Bertz CT molecular complexity index is 769. The van der Waals surface area contributed by atoms with E-state index in [0.29, 0.717) is 17.5 Å². The minimum atomic E-state index is -0.577. The van der Waals surface area contributed by atoms with E-state index in [0.717, 1.165) is 16.7 Å². The summed E-state index contributed by atoms with van der Waals surface area (Å²) >= 11 is 0. The average molecular weight is 323 g/mol. The van der Waals surface area contributed by atoms with Gasteiger partial charge in [0.1, 0.15) is 5.71 Å². The molecule has 0 bridgehead atoms. The van der Waals surface area contributed by atoms with Gasteiger partial charge in [-0.1, -0.05) is 48.0 Å². The number of oxime groups is 1. The Balaban J connectivity index is 2.25. The van der Waals surface area contributed by atoms with E-state index in [1.807, 2.05) is 45.9 Å². The van der Waals surface area contributed by atoms with E-state index in [1.165, 1.54) is 0 Å². The Morgan fingerprint density at radius 3 is 2.12 bits per heavy atom. The molecule has 0 radical (unpaired) electrons. The van der Waals surface area contributed by atoms with Crippen molar-refractivity contribution in [3.05, 3.63) is 70.3 Å². The summed E-state index contributed by atoms with van der Waals surface area (Å²) in [6.45, 7) is 7.60. The Morgan fingerprint density at radius 1 is 1.00 bits per heavy atom. The first-order valence-corrected chi connectivity index (χ1v) is 7.89. The van der Waals surface area contributed by atoms with E-state index in [1.54, 1.807) is 24.3 Å². The lowest BCUT2D eigenvalue weighted by Crippen LogP contribution is -2.18. The average Bonchev–Trinajstić information content (AvgIpc) is 2.55. The molecular formula is C20H21NO3. The van der Waals surface area contributed by atoms with Crippen LogP contribution in [-0.4, -0.2) is 17.5 Å². The highest BCUT2D eigenvalue weighted by Gasteiger charge is 2.19. The van der Waals surface area contributed by atoms with Gasteiger partial charge in [-0.05, 0) is 50.5 Å². The van der Waals surface area contributed by atoms with Gasteiger partial charge in [0.15, 0.2) is 0 Å². The molecule has 0 spiro atoms. The SMILES string of the molecule is CCC(=NOC(=O)c1ccccc1)C(=O)c1c(C)cc(C)cc1C. The number of Topliss-reactive ketones (excluding diaryl/α,β-unsaturated/α-hetero) is 1. The third kappa shape index (κ3) is 3.96. The summed E-state index contributed by atoms with van der Waals surface area (Å²) in [4.78, 5) is 29.7. The van der Waals surface area contributed by atoms with Gasteiger partial charge in [0.25, 0.3) is 0 Å². The zero-order valence-electron chi connectivity index (χ0n) is 14.4. The molecule has 0 N–H and O–H groups in total. The third-order valence-corrected chi connectivity index (χ3v) is 3.75. The molecule has 4 heteroatoms. The lowest BCUT2D eigenvalue weighted by atomic mass is 9.94. The largest absolute Gasteiger partial charge is 0.365 e. The van der Waals surface area contributed by atoms with Crippen LogP contribution >= 0.6 is 0 Å². The van der Waals surface area contributed by atoms with Crippen molar-refractivity contribution in [2.75, 3.05) is 0 Å². The lowest BCUT2D eigenvalue weighted by Gasteiger charge is -2.11. The van der Waals surface area contributed by atoms with Crippen LogP contribution in [0.1, 0.15) is 50.8 Å². The fraction of sp³-hybridized carbons (Fsp3) is 0.250. The van der Waals surface area contributed by atoms with Crippen LogP contribution in [0, 0.1) is 20.8 Å². The van der Waals surface area contributed by atoms with E-state index in [-0.39, 0.29) is 11.5 Å². The summed E-state index contributed by atoms with van der Waals surface area (Å²) in [5.74, 6) is -0.778.